The summed E-state index contributed by atoms with van der Waals surface area (Å²) in [7, 11) is 0. The second-order valence-corrected chi connectivity index (χ2v) is 5.74. The molecule has 1 aliphatic rings. The summed E-state index contributed by atoms with van der Waals surface area (Å²) in [6.07, 6.45) is 5.14. The van der Waals surface area contributed by atoms with Crippen LogP contribution in [0.5, 0.6) is 0 Å². The zero-order valence-corrected chi connectivity index (χ0v) is 12.4. The Morgan fingerprint density at radius 3 is 2.63 bits per heavy atom. The topological polar surface area (TPSA) is 15.3 Å². The Kier molecular flexibility index (Phi) is 5.87. The van der Waals surface area contributed by atoms with E-state index in [9.17, 15) is 0 Å². The van der Waals surface area contributed by atoms with Crippen molar-refractivity contribution < 1.29 is 0 Å². The molecule has 1 aromatic carbocycles. The molecule has 1 aromatic rings. The van der Waals surface area contributed by atoms with Gasteiger partial charge in [-0.05, 0) is 37.8 Å². The maximum atomic E-state index is 3.83. The van der Waals surface area contributed by atoms with E-state index < -0.39 is 0 Å². The number of hydrogen-bond donors (Lipinski definition) is 1. The van der Waals surface area contributed by atoms with Crippen LogP contribution in [0.15, 0.2) is 30.3 Å². The van der Waals surface area contributed by atoms with Gasteiger partial charge in [-0.1, -0.05) is 44.2 Å². The second-order valence-electron chi connectivity index (χ2n) is 5.74. The van der Waals surface area contributed by atoms with E-state index in [1.807, 2.05) is 0 Å². The average molecular weight is 260 g/mol. The number of piperidine rings is 1. The van der Waals surface area contributed by atoms with E-state index in [-0.39, 0.29) is 0 Å². The fourth-order valence-electron chi connectivity index (χ4n) is 3.03. The van der Waals surface area contributed by atoms with Gasteiger partial charge >= 0.3 is 0 Å². The quantitative estimate of drug-likeness (QED) is 0.843. The fraction of sp³-hybridized carbons (Fsp3) is 0.647. The highest BCUT2D eigenvalue weighted by Gasteiger charge is 2.21. The molecule has 1 heterocycles. The van der Waals surface area contributed by atoms with Crippen molar-refractivity contribution in [3.8, 4) is 0 Å². The lowest BCUT2D eigenvalue weighted by Gasteiger charge is -2.35. The normalized spacial score (nSPS) is 20.9. The maximum Gasteiger partial charge on any atom is 0.0234 e. The van der Waals surface area contributed by atoms with E-state index in [0.29, 0.717) is 12.1 Å². The van der Waals surface area contributed by atoms with Gasteiger partial charge in [0.25, 0.3) is 0 Å². The Morgan fingerprint density at radius 1 is 1.21 bits per heavy atom. The van der Waals surface area contributed by atoms with Crippen LogP contribution in [0.3, 0.4) is 0 Å². The van der Waals surface area contributed by atoms with Gasteiger partial charge in [-0.2, -0.15) is 0 Å². The molecule has 2 nitrogen and oxygen atoms in total. The molecule has 1 saturated heterocycles. The Labute approximate surface area is 118 Å². The molecule has 0 aromatic heterocycles. The number of rotatable bonds is 6. The molecular weight excluding hydrogens is 232 g/mol. The third kappa shape index (κ3) is 4.63. The summed E-state index contributed by atoms with van der Waals surface area (Å²) in [4.78, 5) is 2.60. The van der Waals surface area contributed by atoms with Gasteiger partial charge in [0, 0.05) is 25.2 Å². The van der Waals surface area contributed by atoms with Gasteiger partial charge in [0.15, 0.2) is 0 Å². The van der Waals surface area contributed by atoms with E-state index in [1.165, 1.54) is 44.3 Å². The minimum atomic E-state index is 0.683. The van der Waals surface area contributed by atoms with E-state index in [1.54, 1.807) is 0 Å². The fourth-order valence-corrected chi connectivity index (χ4v) is 3.03. The molecule has 1 aliphatic heterocycles. The highest BCUT2D eigenvalue weighted by atomic mass is 15.2. The first-order chi connectivity index (χ1) is 9.31. The Hall–Kier alpha value is -0.860. The molecule has 2 rings (SSSR count). The number of nitrogens with one attached hydrogen (secondary N) is 1. The van der Waals surface area contributed by atoms with Crippen molar-refractivity contribution in [1.82, 2.24) is 10.2 Å². The molecule has 2 heteroatoms. The highest BCUT2D eigenvalue weighted by molar-refractivity contribution is 5.14. The van der Waals surface area contributed by atoms with E-state index >= 15 is 0 Å². The minimum absolute atomic E-state index is 0.683. The molecule has 1 N–H and O–H groups in total. The van der Waals surface area contributed by atoms with E-state index in [2.05, 4.69) is 54.4 Å². The van der Waals surface area contributed by atoms with Crippen LogP contribution in [0.4, 0.5) is 0 Å². The Morgan fingerprint density at radius 2 is 1.95 bits per heavy atom. The molecule has 106 valence electrons. The third-order valence-corrected chi connectivity index (χ3v) is 4.21. The Balaban J connectivity index is 1.83. The molecule has 0 radical (unpaired) electrons. The first-order valence-corrected chi connectivity index (χ1v) is 7.84. The van der Waals surface area contributed by atoms with Crippen LogP contribution in [0.2, 0.25) is 0 Å². The van der Waals surface area contributed by atoms with Gasteiger partial charge in [0.1, 0.15) is 0 Å². The summed E-state index contributed by atoms with van der Waals surface area (Å²) in [5, 5.41) is 3.83. The molecule has 1 atom stereocenters. The lowest BCUT2D eigenvalue weighted by molar-refractivity contribution is 0.174. The number of hydrogen-bond acceptors (Lipinski definition) is 2. The molecule has 19 heavy (non-hydrogen) atoms. The van der Waals surface area contributed by atoms with Crippen LogP contribution in [0.1, 0.15) is 45.1 Å². The zero-order chi connectivity index (χ0) is 13.5. The predicted molar refractivity (Wildman–Crippen MR) is 82.2 cm³/mol. The molecule has 0 amide bonds. The van der Waals surface area contributed by atoms with Crippen LogP contribution in [0, 0.1) is 0 Å². The summed E-state index contributed by atoms with van der Waals surface area (Å²) in [5.74, 6) is 0. The van der Waals surface area contributed by atoms with Gasteiger partial charge < -0.3 is 5.32 Å². The van der Waals surface area contributed by atoms with Crippen molar-refractivity contribution >= 4 is 0 Å². The predicted octanol–water partition coefficient (Wildman–Crippen LogP) is 3.43. The lowest BCUT2D eigenvalue weighted by atomic mass is 10.0. The largest absolute Gasteiger partial charge is 0.310 e. The van der Waals surface area contributed by atoms with Crippen molar-refractivity contribution in [1.29, 1.82) is 0 Å². The molecule has 0 spiro atoms. The molecule has 0 bridgehead atoms. The van der Waals surface area contributed by atoms with Crippen molar-refractivity contribution in [2.45, 2.75) is 58.2 Å². The van der Waals surface area contributed by atoms with Crippen LogP contribution in [0.25, 0.3) is 0 Å². The first kappa shape index (κ1) is 14.5. The number of benzene rings is 1. The van der Waals surface area contributed by atoms with Crippen molar-refractivity contribution in [2.24, 2.45) is 0 Å². The van der Waals surface area contributed by atoms with Gasteiger partial charge in [0.05, 0.1) is 0 Å². The summed E-state index contributed by atoms with van der Waals surface area (Å²) in [6, 6.07) is 12.2. The number of nitrogens with zero attached hydrogens (tertiary/aromatic N) is 1. The van der Waals surface area contributed by atoms with E-state index in [4.69, 9.17) is 0 Å². The summed E-state index contributed by atoms with van der Waals surface area (Å²) < 4.78 is 0. The molecular formula is C17H28N2. The van der Waals surface area contributed by atoms with Crippen LogP contribution in [-0.4, -0.2) is 30.1 Å². The standard InChI is InChI=1S/C17H28N2/c1-3-16(4-2)18-17-11-8-12-19(14-17)13-15-9-6-5-7-10-15/h5-7,9-10,16-18H,3-4,8,11-14H2,1-2H3. The maximum absolute atomic E-state index is 3.83. The van der Waals surface area contributed by atoms with Crippen LogP contribution >= 0.6 is 0 Å². The number of likely N-dealkylation sites (tertiary alicyclic amines) is 1. The Bertz CT molecular complexity index is 346. The first-order valence-electron chi connectivity index (χ1n) is 7.84. The van der Waals surface area contributed by atoms with Gasteiger partial charge in [-0.25, -0.2) is 0 Å². The molecule has 0 saturated carbocycles. The van der Waals surface area contributed by atoms with Crippen LogP contribution in [-0.2, 0) is 6.54 Å². The summed E-state index contributed by atoms with van der Waals surface area (Å²) >= 11 is 0. The lowest BCUT2D eigenvalue weighted by Crippen LogP contribution is -2.48. The minimum Gasteiger partial charge on any atom is -0.310 e. The average Bonchev–Trinajstić information content (AvgIpc) is 2.46. The SMILES string of the molecule is CCC(CC)NC1CCCN(Cc2ccccc2)C1. The summed E-state index contributed by atoms with van der Waals surface area (Å²) in [5.41, 5.74) is 1.44. The third-order valence-electron chi connectivity index (χ3n) is 4.21. The van der Waals surface area contributed by atoms with E-state index in [0.717, 1.165) is 6.54 Å². The smallest absolute Gasteiger partial charge is 0.0234 e. The van der Waals surface area contributed by atoms with Gasteiger partial charge in [-0.15, -0.1) is 0 Å². The monoisotopic (exact) mass is 260 g/mol. The summed E-state index contributed by atoms with van der Waals surface area (Å²) in [6.45, 7) is 8.11. The van der Waals surface area contributed by atoms with Gasteiger partial charge in [-0.3, -0.25) is 4.90 Å². The van der Waals surface area contributed by atoms with Crippen molar-refractivity contribution in [3.05, 3.63) is 35.9 Å². The molecule has 0 aliphatic carbocycles. The second kappa shape index (κ2) is 7.66. The van der Waals surface area contributed by atoms with Crippen LogP contribution < -0.4 is 5.32 Å². The van der Waals surface area contributed by atoms with Crippen molar-refractivity contribution in [2.75, 3.05) is 13.1 Å². The highest BCUT2D eigenvalue weighted by Crippen LogP contribution is 2.15. The zero-order valence-electron chi connectivity index (χ0n) is 12.4. The van der Waals surface area contributed by atoms with Crippen molar-refractivity contribution in [3.63, 3.8) is 0 Å². The molecule has 1 unspecified atom stereocenters. The molecule has 1 fully saturated rings. The van der Waals surface area contributed by atoms with Gasteiger partial charge in [0.2, 0.25) is 0 Å².